The average Bonchev–Trinajstić information content (AvgIpc) is 2.89. The molecule has 2 rings (SSSR count). The second-order valence-corrected chi connectivity index (χ2v) is 8.12. The highest BCUT2D eigenvalue weighted by atomic mass is 16.7. The summed E-state index contributed by atoms with van der Waals surface area (Å²) in [6.07, 6.45) is 1.50. The largest absolute Gasteiger partial charge is 0.467 e. The van der Waals surface area contributed by atoms with Crippen molar-refractivity contribution in [3.8, 4) is 0 Å². The molecule has 10 nitrogen and oxygen atoms in total. The molecule has 0 saturated heterocycles. The van der Waals surface area contributed by atoms with E-state index in [9.17, 15) is 14.4 Å². The normalized spacial score (nSPS) is 17.6. The first-order valence-electron chi connectivity index (χ1n) is 12.1. The monoisotopic (exact) mass is 494 g/mol. The summed E-state index contributed by atoms with van der Waals surface area (Å²) < 4.78 is 26.8. The van der Waals surface area contributed by atoms with Crippen molar-refractivity contribution in [2.24, 2.45) is 0 Å². The van der Waals surface area contributed by atoms with Crippen LogP contribution < -0.4 is 5.32 Å². The van der Waals surface area contributed by atoms with Gasteiger partial charge in [-0.05, 0) is 45.1 Å². The predicted molar refractivity (Wildman–Crippen MR) is 127 cm³/mol. The van der Waals surface area contributed by atoms with E-state index >= 15 is 0 Å². The molecule has 35 heavy (non-hydrogen) atoms. The minimum atomic E-state index is -0.659. The van der Waals surface area contributed by atoms with Crippen molar-refractivity contribution in [1.29, 1.82) is 0 Å². The molecule has 1 saturated carbocycles. The smallest absolute Gasteiger partial charge is 0.407 e. The van der Waals surface area contributed by atoms with Gasteiger partial charge in [-0.3, -0.25) is 4.79 Å². The van der Waals surface area contributed by atoms with Crippen molar-refractivity contribution in [3.63, 3.8) is 0 Å². The summed E-state index contributed by atoms with van der Waals surface area (Å²) in [5.41, 5.74) is 0.859. The molecule has 1 N–H and O–H groups in total. The summed E-state index contributed by atoms with van der Waals surface area (Å²) in [4.78, 5) is 38.3. The van der Waals surface area contributed by atoms with Gasteiger partial charge in [0.15, 0.2) is 6.29 Å². The van der Waals surface area contributed by atoms with Crippen LogP contribution in [0.4, 0.5) is 4.79 Å². The van der Waals surface area contributed by atoms with Crippen molar-refractivity contribution < 1.29 is 38.1 Å². The van der Waals surface area contributed by atoms with Gasteiger partial charge in [0.1, 0.15) is 19.8 Å². The van der Waals surface area contributed by atoms with Gasteiger partial charge in [-0.15, -0.1) is 0 Å². The van der Waals surface area contributed by atoms with E-state index in [1.807, 2.05) is 44.2 Å². The third-order valence-corrected chi connectivity index (χ3v) is 5.72. The van der Waals surface area contributed by atoms with Gasteiger partial charge in [0.2, 0.25) is 5.91 Å². The van der Waals surface area contributed by atoms with Gasteiger partial charge in [-0.2, -0.15) is 0 Å². The van der Waals surface area contributed by atoms with Crippen LogP contribution in [0.1, 0.15) is 45.1 Å². The minimum absolute atomic E-state index is 0.0639. The van der Waals surface area contributed by atoms with E-state index in [0.29, 0.717) is 38.9 Å². The van der Waals surface area contributed by atoms with Crippen molar-refractivity contribution >= 4 is 18.0 Å². The minimum Gasteiger partial charge on any atom is -0.467 e. The van der Waals surface area contributed by atoms with Crippen LogP contribution in [0.2, 0.25) is 0 Å². The second-order valence-electron chi connectivity index (χ2n) is 8.12. The number of rotatable bonds is 14. The fraction of sp³-hybridized carbons (Fsp3) is 0.640. The number of carbonyl (C=O) groups excluding carboxylic acids is 3. The molecule has 0 unspecified atom stereocenters. The Hall–Kier alpha value is -2.69. The van der Waals surface area contributed by atoms with Crippen molar-refractivity contribution in [2.75, 3.05) is 40.0 Å². The number of esters is 1. The Morgan fingerprint density at radius 1 is 1.03 bits per heavy atom. The lowest BCUT2D eigenvalue weighted by atomic mass is 9.91. The lowest BCUT2D eigenvalue weighted by molar-refractivity contribution is -0.164. The highest BCUT2D eigenvalue weighted by Gasteiger charge is 2.31. The Morgan fingerprint density at radius 2 is 1.69 bits per heavy atom. The third kappa shape index (κ3) is 10.6. The van der Waals surface area contributed by atoms with Crippen LogP contribution in [-0.2, 0) is 39.9 Å². The lowest BCUT2D eigenvalue weighted by Crippen LogP contribution is -2.51. The molecule has 10 heteroatoms. The molecule has 0 spiro atoms. The highest BCUT2D eigenvalue weighted by molar-refractivity contribution is 5.82. The number of carbonyl (C=O) groups is 3. The maximum Gasteiger partial charge on any atom is 0.407 e. The maximum atomic E-state index is 13.2. The number of nitrogens with zero attached hydrogens (tertiary/aromatic N) is 1. The third-order valence-electron chi connectivity index (χ3n) is 5.72. The molecule has 0 aromatic heterocycles. The topological polar surface area (TPSA) is 113 Å². The van der Waals surface area contributed by atoms with E-state index in [0.717, 1.165) is 5.56 Å². The number of ether oxygens (including phenoxy) is 5. The molecule has 1 aliphatic carbocycles. The number of alkyl carbamates (subject to hydrolysis) is 1. The molecule has 1 fully saturated rings. The maximum absolute atomic E-state index is 13.2. The van der Waals surface area contributed by atoms with E-state index < -0.39 is 18.4 Å². The molecule has 1 aliphatic rings. The highest BCUT2D eigenvalue weighted by Crippen LogP contribution is 2.26. The van der Waals surface area contributed by atoms with Gasteiger partial charge in [0, 0.05) is 19.3 Å². The molecule has 1 aromatic rings. The summed E-state index contributed by atoms with van der Waals surface area (Å²) in [7, 11) is 1.32. The molecular formula is C25H38N2O8. The number of benzene rings is 1. The van der Waals surface area contributed by atoms with Gasteiger partial charge in [-0.1, -0.05) is 30.3 Å². The number of hydrogen-bond acceptors (Lipinski definition) is 8. The summed E-state index contributed by atoms with van der Waals surface area (Å²) in [6, 6.07) is 9.25. The van der Waals surface area contributed by atoms with E-state index in [2.05, 4.69) is 10.1 Å². The lowest BCUT2D eigenvalue weighted by Gasteiger charge is -2.38. The molecule has 0 atom stereocenters. The Bertz CT molecular complexity index is 762. The zero-order valence-electron chi connectivity index (χ0n) is 20.9. The summed E-state index contributed by atoms with van der Waals surface area (Å²) in [5, 5.41) is 2.55. The van der Waals surface area contributed by atoms with E-state index in [4.69, 9.17) is 18.9 Å². The molecule has 0 heterocycles. The Morgan fingerprint density at radius 3 is 2.29 bits per heavy atom. The Balaban J connectivity index is 1.92. The molecule has 0 bridgehead atoms. The zero-order chi connectivity index (χ0) is 25.5. The van der Waals surface area contributed by atoms with Crippen LogP contribution >= 0.6 is 0 Å². The molecular weight excluding hydrogens is 456 g/mol. The first kappa shape index (κ1) is 28.5. The average molecular weight is 495 g/mol. The van der Waals surface area contributed by atoms with Gasteiger partial charge in [-0.25, -0.2) is 9.59 Å². The van der Waals surface area contributed by atoms with Gasteiger partial charge < -0.3 is 33.9 Å². The van der Waals surface area contributed by atoms with Gasteiger partial charge >= 0.3 is 12.1 Å². The fourth-order valence-electron chi connectivity index (χ4n) is 3.93. The Kier molecular flexibility index (Phi) is 13.1. The summed E-state index contributed by atoms with van der Waals surface area (Å²) >= 11 is 0. The SMILES string of the molecule is CCOC(CN(C(=O)CNC(=O)OCc1ccccc1)C1CCC(OCC(=O)OC)CC1)OCC. The molecule has 196 valence electrons. The van der Waals surface area contributed by atoms with Crippen LogP contribution in [0, 0.1) is 0 Å². The first-order chi connectivity index (χ1) is 17.0. The predicted octanol–water partition coefficient (Wildman–Crippen LogP) is 2.64. The number of methoxy groups -OCH3 is 1. The summed E-state index contributed by atoms with van der Waals surface area (Å²) in [5.74, 6) is -0.657. The van der Waals surface area contributed by atoms with Crippen molar-refractivity contribution in [1.82, 2.24) is 10.2 Å². The number of hydrogen-bond donors (Lipinski definition) is 1. The van der Waals surface area contributed by atoms with Crippen molar-refractivity contribution in [3.05, 3.63) is 35.9 Å². The molecule has 0 aliphatic heterocycles. The van der Waals surface area contributed by atoms with Crippen LogP contribution in [0.5, 0.6) is 0 Å². The van der Waals surface area contributed by atoms with Crippen LogP contribution in [0.3, 0.4) is 0 Å². The van der Waals surface area contributed by atoms with E-state index in [-0.39, 0.29) is 44.4 Å². The van der Waals surface area contributed by atoms with Gasteiger partial charge in [0.05, 0.1) is 19.8 Å². The fourth-order valence-corrected chi connectivity index (χ4v) is 3.93. The van der Waals surface area contributed by atoms with Gasteiger partial charge in [0.25, 0.3) is 0 Å². The standard InChI is InChI=1S/C25H38N2O8/c1-4-32-24(33-5-2)16-27(20-11-13-21(14-12-20)34-18-23(29)31-3)22(28)15-26-25(30)35-17-19-9-7-6-8-10-19/h6-10,20-21,24H,4-5,11-18H2,1-3H3,(H,26,30). The van der Waals surface area contributed by atoms with E-state index in [1.165, 1.54) is 7.11 Å². The second kappa shape index (κ2) is 16.1. The van der Waals surface area contributed by atoms with Crippen LogP contribution in [0.25, 0.3) is 0 Å². The molecule has 1 aromatic carbocycles. The first-order valence-corrected chi connectivity index (χ1v) is 12.1. The van der Waals surface area contributed by atoms with Crippen LogP contribution in [0.15, 0.2) is 30.3 Å². The zero-order valence-corrected chi connectivity index (χ0v) is 20.9. The molecule has 0 radical (unpaired) electrons. The number of amides is 2. The quantitative estimate of drug-likeness (QED) is 0.310. The molecule has 2 amide bonds. The Labute approximate surface area is 207 Å². The van der Waals surface area contributed by atoms with Crippen molar-refractivity contribution in [2.45, 2.75) is 64.6 Å². The van der Waals surface area contributed by atoms with E-state index in [1.54, 1.807) is 4.90 Å². The number of nitrogens with one attached hydrogen (secondary N) is 1. The summed E-state index contributed by atoms with van der Waals surface area (Å²) in [6.45, 7) is 4.72. The van der Waals surface area contributed by atoms with Crippen LogP contribution in [-0.4, -0.2) is 81.3 Å².